The molecule has 1 aromatic rings. The van der Waals surface area contributed by atoms with E-state index in [0.29, 0.717) is 6.54 Å². The number of hydrogen-bond acceptors (Lipinski definition) is 3. The molecule has 1 fully saturated rings. The van der Waals surface area contributed by atoms with Crippen LogP contribution < -0.4 is 10.5 Å². The highest BCUT2D eigenvalue weighted by Gasteiger charge is 2.37. The van der Waals surface area contributed by atoms with E-state index in [9.17, 15) is 17.6 Å². The van der Waals surface area contributed by atoms with Gasteiger partial charge in [-0.2, -0.15) is 0 Å². The van der Waals surface area contributed by atoms with E-state index in [0.717, 1.165) is 25.0 Å². The molecule has 0 heterocycles. The second-order valence-corrected chi connectivity index (χ2v) is 7.69. The molecule has 110 valence electrons. The zero-order valence-electron chi connectivity index (χ0n) is 10.7. The van der Waals surface area contributed by atoms with Crippen molar-refractivity contribution >= 4 is 31.9 Å². The average molecular weight is 365 g/mol. The lowest BCUT2D eigenvalue weighted by Crippen LogP contribution is -2.29. The van der Waals surface area contributed by atoms with Gasteiger partial charge in [-0.1, -0.05) is 6.92 Å². The van der Waals surface area contributed by atoms with Gasteiger partial charge < -0.3 is 5.32 Å². The highest BCUT2D eigenvalue weighted by molar-refractivity contribution is 9.10. The van der Waals surface area contributed by atoms with E-state index in [2.05, 4.69) is 21.2 Å². The first-order valence-corrected chi connectivity index (χ1v) is 8.26. The van der Waals surface area contributed by atoms with E-state index in [4.69, 9.17) is 5.14 Å². The van der Waals surface area contributed by atoms with Crippen LogP contribution in [0.1, 0.15) is 30.1 Å². The summed E-state index contributed by atoms with van der Waals surface area (Å²) in [6.07, 6.45) is 2.08. The van der Waals surface area contributed by atoms with Crippen LogP contribution in [0.5, 0.6) is 0 Å². The minimum atomic E-state index is -4.21. The molecule has 0 bridgehead atoms. The van der Waals surface area contributed by atoms with Crippen LogP contribution in [0.3, 0.4) is 0 Å². The Morgan fingerprint density at radius 1 is 1.50 bits per heavy atom. The molecule has 2 rings (SSSR count). The van der Waals surface area contributed by atoms with Gasteiger partial charge in [-0.05, 0) is 46.3 Å². The van der Waals surface area contributed by atoms with Crippen LogP contribution in [0.25, 0.3) is 0 Å². The quantitative estimate of drug-likeness (QED) is 0.852. The van der Waals surface area contributed by atoms with Crippen LogP contribution in [0.4, 0.5) is 4.39 Å². The molecule has 0 spiro atoms. The third-order valence-electron chi connectivity index (χ3n) is 3.35. The second kappa shape index (κ2) is 5.09. The van der Waals surface area contributed by atoms with Crippen molar-refractivity contribution in [2.24, 2.45) is 10.6 Å². The molecule has 0 aromatic heterocycles. The van der Waals surface area contributed by atoms with Gasteiger partial charge in [0, 0.05) is 11.0 Å². The lowest BCUT2D eigenvalue weighted by molar-refractivity contribution is 0.0945. The molecule has 1 aliphatic carbocycles. The van der Waals surface area contributed by atoms with Crippen molar-refractivity contribution < 1.29 is 17.6 Å². The number of nitrogens with one attached hydrogen (secondary N) is 1. The molecule has 0 unspecified atom stereocenters. The number of carbonyl (C=O) groups excluding carboxylic acids is 1. The minimum Gasteiger partial charge on any atom is -0.351 e. The summed E-state index contributed by atoms with van der Waals surface area (Å²) < 4.78 is 36.3. The number of sulfonamides is 1. The number of benzene rings is 1. The monoisotopic (exact) mass is 364 g/mol. The van der Waals surface area contributed by atoms with Crippen molar-refractivity contribution in [2.45, 2.75) is 24.7 Å². The van der Waals surface area contributed by atoms with Gasteiger partial charge in [0.25, 0.3) is 5.91 Å². The van der Waals surface area contributed by atoms with Gasteiger partial charge in [-0.25, -0.2) is 17.9 Å². The Morgan fingerprint density at radius 2 is 2.10 bits per heavy atom. The highest BCUT2D eigenvalue weighted by Crippen LogP contribution is 2.44. The molecule has 5 nitrogen and oxygen atoms in total. The second-order valence-electron chi connectivity index (χ2n) is 5.30. The Morgan fingerprint density at radius 3 is 2.60 bits per heavy atom. The first-order valence-electron chi connectivity index (χ1n) is 5.92. The zero-order chi connectivity index (χ0) is 15.1. The van der Waals surface area contributed by atoms with Gasteiger partial charge in [-0.15, -0.1) is 0 Å². The lowest BCUT2D eigenvalue weighted by atomic mass is 10.1. The fraction of sp³-hybridized carbons (Fsp3) is 0.417. The maximum absolute atomic E-state index is 13.6. The van der Waals surface area contributed by atoms with Gasteiger partial charge in [-0.3, -0.25) is 4.79 Å². The summed E-state index contributed by atoms with van der Waals surface area (Å²) in [6.45, 7) is 2.54. The fourth-order valence-electron chi connectivity index (χ4n) is 1.70. The first-order chi connectivity index (χ1) is 9.12. The van der Waals surface area contributed by atoms with E-state index >= 15 is 0 Å². The van der Waals surface area contributed by atoms with Gasteiger partial charge in [0.05, 0.1) is 5.56 Å². The number of amides is 1. The molecule has 0 aliphatic heterocycles. The van der Waals surface area contributed by atoms with Crippen molar-refractivity contribution in [2.75, 3.05) is 6.54 Å². The first kappa shape index (κ1) is 15.4. The van der Waals surface area contributed by atoms with E-state index in [1.54, 1.807) is 0 Å². The van der Waals surface area contributed by atoms with E-state index in [-0.39, 0.29) is 15.5 Å². The lowest BCUT2D eigenvalue weighted by Gasteiger charge is -2.12. The predicted molar refractivity (Wildman–Crippen MR) is 75.1 cm³/mol. The molecular weight excluding hydrogens is 351 g/mol. The van der Waals surface area contributed by atoms with Gasteiger partial charge in [0.1, 0.15) is 10.7 Å². The van der Waals surface area contributed by atoms with E-state index in [1.165, 1.54) is 0 Å². The van der Waals surface area contributed by atoms with Crippen LogP contribution in [0, 0.1) is 11.2 Å². The van der Waals surface area contributed by atoms with Crippen molar-refractivity contribution in [3.05, 3.63) is 28.0 Å². The summed E-state index contributed by atoms with van der Waals surface area (Å²) in [5.74, 6) is -1.46. The van der Waals surface area contributed by atoms with Crippen molar-refractivity contribution in [3.8, 4) is 0 Å². The summed E-state index contributed by atoms with van der Waals surface area (Å²) in [6, 6.07) is 1.87. The Bertz CT molecular complexity index is 672. The third kappa shape index (κ3) is 3.36. The summed E-state index contributed by atoms with van der Waals surface area (Å²) >= 11 is 3.05. The number of carbonyl (C=O) groups is 1. The van der Waals surface area contributed by atoms with Gasteiger partial charge in [0.2, 0.25) is 10.0 Å². The van der Waals surface area contributed by atoms with Crippen molar-refractivity contribution in [1.29, 1.82) is 0 Å². The summed E-state index contributed by atoms with van der Waals surface area (Å²) in [4.78, 5) is 11.3. The Labute approximate surface area is 124 Å². The third-order valence-corrected chi connectivity index (χ3v) is 4.93. The maximum atomic E-state index is 13.6. The molecule has 8 heteroatoms. The van der Waals surface area contributed by atoms with E-state index < -0.39 is 26.6 Å². The smallest absolute Gasteiger partial charge is 0.252 e. The normalized spacial score (nSPS) is 16.8. The van der Waals surface area contributed by atoms with Crippen LogP contribution in [0.2, 0.25) is 0 Å². The number of halogens is 2. The van der Waals surface area contributed by atoms with E-state index in [1.807, 2.05) is 6.92 Å². The number of nitrogens with two attached hydrogens (primary N) is 1. The molecule has 20 heavy (non-hydrogen) atoms. The fourth-order valence-corrected chi connectivity index (χ4v) is 2.81. The maximum Gasteiger partial charge on any atom is 0.252 e. The molecule has 1 saturated carbocycles. The molecule has 0 atom stereocenters. The van der Waals surface area contributed by atoms with Crippen LogP contribution in [-0.2, 0) is 10.0 Å². The standard InChI is InChI=1S/C12H14BrFN2O3S/c1-12(2-3-12)6-16-11(17)7-4-10(20(15,18)19)9(14)5-8(7)13/h4-5H,2-3,6H2,1H3,(H,16,17)(H2,15,18,19). The van der Waals surface area contributed by atoms with Crippen LogP contribution in [0.15, 0.2) is 21.5 Å². The molecule has 1 aliphatic rings. The average Bonchev–Trinajstić information content (AvgIpc) is 3.03. The highest BCUT2D eigenvalue weighted by atomic mass is 79.9. The van der Waals surface area contributed by atoms with Gasteiger partial charge in [0.15, 0.2) is 0 Å². The Balaban J connectivity index is 2.28. The molecule has 1 aromatic carbocycles. The van der Waals surface area contributed by atoms with Crippen molar-refractivity contribution in [3.63, 3.8) is 0 Å². The summed E-state index contributed by atoms with van der Waals surface area (Å²) in [5.41, 5.74) is 0.157. The van der Waals surface area contributed by atoms with Crippen LogP contribution in [-0.4, -0.2) is 20.9 Å². The summed E-state index contributed by atoms with van der Waals surface area (Å²) in [5, 5.41) is 7.63. The molecule has 3 N–H and O–H groups in total. The number of primary sulfonamides is 1. The molecular formula is C12H14BrFN2O3S. The number of hydrogen-bond donors (Lipinski definition) is 2. The SMILES string of the molecule is CC1(CNC(=O)c2cc(S(N)(=O)=O)c(F)cc2Br)CC1. The molecule has 0 saturated heterocycles. The largest absolute Gasteiger partial charge is 0.351 e. The molecule has 0 radical (unpaired) electrons. The topological polar surface area (TPSA) is 89.3 Å². The minimum absolute atomic E-state index is 0.0414. The number of rotatable bonds is 4. The zero-order valence-corrected chi connectivity index (χ0v) is 13.1. The Kier molecular flexibility index (Phi) is 3.92. The summed E-state index contributed by atoms with van der Waals surface area (Å²) in [7, 11) is -4.21. The predicted octanol–water partition coefficient (Wildman–Crippen LogP) is 1.77. The van der Waals surface area contributed by atoms with Crippen LogP contribution >= 0.6 is 15.9 Å². The van der Waals surface area contributed by atoms with Crippen molar-refractivity contribution in [1.82, 2.24) is 5.32 Å². The molecule has 1 amide bonds. The van der Waals surface area contributed by atoms with Gasteiger partial charge >= 0.3 is 0 Å². The Hall–Kier alpha value is -0.990.